The molecule has 0 saturated carbocycles. The zero-order valence-electron chi connectivity index (χ0n) is 10.7. The van der Waals surface area contributed by atoms with Crippen molar-refractivity contribution in [2.24, 2.45) is 0 Å². The lowest BCUT2D eigenvalue weighted by Crippen LogP contribution is -2.37. The van der Waals surface area contributed by atoms with E-state index in [1.54, 1.807) is 31.3 Å². The summed E-state index contributed by atoms with van der Waals surface area (Å²) in [6, 6.07) is 6.49. The number of nitrogens with zero attached hydrogens (tertiary/aromatic N) is 1. The average molecular weight is 283 g/mol. The van der Waals surface area contributed by atoms with Gasteiger partial charge in [0, 0.05) is 25.8 Å². The lowest BCUT2D eigenvalue weighted by molar-refractivity contribution is -0.120. The lowest BCUT2D eigenvalue weighted by atomic mass is 10.3. The van der Waals surface area contributed by atoms with Crippen LogP contribution in [0.2, 0.25) is 0 Å². The van der Waals surface area contributed by atoms with Crippen LogP contribution in [0.4, 0.5) is 5.69 Å². The van der Waals surface area contributed by atoms with Crippen LogP contribution in [0.5, 0.6) is 0 Å². The van der Waals surface area contributed by atoms with Crippen molar-refractivity contribution in [1.29, 1.82) is 0 Å². The first-order chi connectivity index (χ1) is 9.04. The molecule has 6 nitrogen and oxygen atoms in total. The maximum atomic E-state index is 12.4. The summed E-state index contributed by atoms with van der Waals surface area (Å²) in [4.78, 5) is 11.7. The maximum absolute atomic E-state index is 12.4. The molecule has 0 radical (unpaired) electrons. The molecule has 2 N–H and O–H groups in total. The molecule has 1 aliphatic heterocycles. The van der Waals surface area contributed by atoms with E-state index >= 15 is 0 Å². The van der Waals surface area contributed by atoms with Crippen LogP contribution in [0.1, 0.15) is 6.42 Å². The predicted molar refractivity (Wildman–Crippen MR) is 72.4 cm³/mol. The zero-order chi connectivity index (χ0) is 13.9. The van der Waals surface area contributed by atoms with Crippen LogP contribution < -0.4 is 10.6 Å². The van der Waals surface area contributed by atoms with E-state index in [1.807, 2.05) is 0 Å². The highest BCUT2D eigenvalue weighted by molar-refractivity contribution is 7.89. The molecule has 0 aliphatic carbocycles. The van der Waals surface area contributed by atoms with Crippen molar-refractivity contribution in [3.05, 3.63) is 24.3 Å². The molecule has 1 amide bonds. The molecule has 1 saturated heterocycles. The third kappa shape index (κ3) is 3.05. The van der Waals surface area contributed by atoms with Crippen molar-refractivity contribution >= 4 is 21.6 Å². The third-order valence-corrected chi connectivity index (χ3v) is 4.87. The van der Waals surface area contributed by atoms with Crippen molar-refractivity contribution in [1.82, 2.24) is 9.62 Å². The molecule has 1 fully saturated rings. The van der Waals surface area contributed by atoms with Gasteiger partial charge in [0.15, 0.2) is 0 Å². The Morgan fingerprint density at radius 2 is 1.95 bits per heavy atom. The van der Waals surface area contributed by atoms with Gasteiger partial charge in [0.2, 0.25) is 15.9 Å². The number of carbonyl (C=O) groups is 1. The van der Waals surface area contributed by atoms with Gasteiger partial charge in [-0.15, -0.1) is 0 Å². The molecular formula is C12H17N3O3S. The van der Waals surface area contributed by atoms with Gasteiger partial charge in [-0.3, -0.25) is 4.79 Å². The fraction of sp³-hybridized carbons (Fsp3) is 0.417. The van der Waals surface area contributed by atoms with Gasteiger partial charge in [-0.05, 0) is 30.7 Å². The Kier molecular flexibility index (Phi) is 4.06. The largest absolute Gasteiger partial charge is 0.388 e. The molecule has 1 aromatic carbocycles. The number of sulfonamides is 1. The Balaban J connectivity index is 2.26. The molecule has 19 heavy (non-hydrogen) atoms. The number of amides is 1. The number of benzene rings is 1. The summed E-state index contributed by atoms with van der Waals surface area (Å²) in [6.07, 6.45) is 0.625. The first-order valence-electron chi connectivity index (χ1n) is 6.09. The van der Waals surface area contributed by atoms with E-state index in [1.165, 1.54) is 4.31 Å². The van der Waals surface area contributed by atoms with Crippen molar-refractivity contribution in [3.8, 4) is 0 Å². The maximum Gasteiger partial charge on any atom is 0.243 e. The quantitative estimate of drug-likeness (QED) is 0.833. The Bertz CT molecular complexity index is 554. The van der Waals surface area contributed by atoms with E-state index in [2.05, 4.69) is 10.6 Å². The highest BCUT2D eigenvalue weighted by atomic mass is 32.2. The summed E-state index contributed by atoms with van der Waals surface area (Å²) in [6.45, 7) is 0.758. The normalized spacial score (nSPS) is 17.6. The van der Waals surface area contributed by atoms with Gasteiger partial charge in [-0.25, -0.2) is 8.42 Å². The number of nitrogens with one attached hydrogen (secondary N) is 2. The number of rotatable bonds is 3. The minimum atomic E-state index is -3.60. The van der Waals surface area contributed by atoms with Crippen molar-refractivity contribution in [2.75, 3.05) is 32.0 Å². The number of anilines is 1. The fourth-order valence-electron chi connectivity index (χ4n) is 1.93. The van der Waals surface area contributed by atoms with Gasteiger partial charge in [0.05, 0.1) is 11.4 Å². The highest BCUT2D eigenvalue weighted by Crippen LogP contribution is 2.18. The summed E-state index contributed by atoms with van der Waals surface area (Å²) in [7, 11) is -1.83. The van der Waals surface area contributed by atoms with Crippen LogP contribution in [0.25, 0.3) is 0 Å². The van der Waals surface area contributed by atoms with Crippen molar-refractivity contribution in [3.63, 3.8) is 0 Å². The summed E-state index contributed by atoms with van der Waals surface area (Å²) >= 11 is 0. The molecule has 2 rings (SSSR count). The molecule has 1 aliphatic rings. The monoisotopic (exact) mass is 283 g/mol. The van der Waals surface area contributed by atoms with Gasteiger partial charge in [-0.2, -0.15) is 4.31 Å². The smallest absolute Gasteiger partial charge is 0.243 e. The molecule has 0 bridgehead atoms. The minimum absolute atomic E-state index is 0.115. The van der Waals surface area contributed by atoms with E-state index in [0.717, 1.165) is 5.69 Å². The minimum Gasteiger partial charge on any atom is -0.388 e. The second kappa shape index (κ2) is 5.58. The molecule has 0 spiro atoms. The first kappa shape index (κ1) is 13.8. The second-order valence-corrected chi connectivity index (χ2v) is 6.25. The van der Waals surface area contributed by atoms with Gasteiger partial charge in [-0.1, -0.05) is 0 Å². The van der Waals surface area contributed by atoms with Crippen LogP contribution in [0.3, 0.4) is 0 Å². The Labute approximate surface area is 112 Å². The summed E-state index contributed by atoms with van der Waals surface area (Å²) in [5.74, 6) is -0.257. The summed E-state index contributed by atoms with van der Waals surface area (Å²) in [5, 5.41) is 5.59. The fourth-order valence-corrected chi connectivity index (χ4v) is 3.36. The zero-order valence-corrected chi connectivity index (χ0v) is 11.5. The highest BCUT2D eigenvalue weighted by Gasteiger charge is 2.27. The molecule has 0 unspecified atom stereocenters. The second-order valence-electron chi connectivity index (χ2n) is 4.32. The van der Waals surface area contributed by atoms with E-state index in [9.17, 15) is 13.2 Å². The van der Waals surface area contributed by atoms with E-state index in [4.69, 9.17) is 0 Å². The van der Waals surface area contributed by atoms with Crippen LogP contribution in [0.15, 0.2) is 29.2 Å². The number of hydrogen-bond donors (Lipinski definition) is 2. The Morgan fingerprint density at radius 1 is 1.26 bits per heavy atom. The SMILES string of the molecule is CNc1ccc(S(=O)(=O)N2CCCNC(=O)C2)cc1. The summed E-state index contributed by atoms with van der Waals surface area (Å²) in [5.41, 5.74) is 0.840. The van der Waals surface area contributed by atoms with Crippen LogP contribution >= 0.6 is 0 Å². The van der Waals surface area contributed by atoms with Gasteiger partial charge in [0.1, 0.15) is 0 Å². The van der Waals surface area contributed by atoms with E-state index in [-0.39, 0.29) is 17.3 Å². The lowest BCUT2D eigenvalue weighted by Gasteiger charge is -2.18. The standard InChI is InChI=1S/C12H17N3O3S/c1-13-10-3-5-11(6-4-10)19(17,18)15-8-2-7-14-12(16)9-15/h3-6,13H,2,7-9H2,1H3,(H,14,16). The van der Waals surface area contributed by atoms with Crippen LogP contribution in [-0.4, -0.2) is 45.3 Å². The van der Waals surface area contributed by atoms with Crippen molar-refractivity contribution in [2.45, 2.75) is 11.3 Å². The molecular weight excluding hydrogens is 266 g/mol. The summed E-state index contributed by atoms with van der Waals surface area (Å²) < 4.78 is 26.0. The third-order valence-electron chi connectivity index (χ3n) is 3.01. The van der Waals surface area contributed by atoms with Crippen LogP contribution in [-0.2, 0) is 14.8 Å². The number of carbonyl (C=O) groups excluding carboxylic acids is 1. The molecule has 0 aromatic heterocycles. The topological polar surface area (TPSA) is 78.5 Å². The van der Waals surface area contributed by atoms with Gasteiger partial charge < -0.3 is 10.6 Å². The Morgan fingerprint density at radius 3 is 2.58 bits per heavy atom. The predicted octanol–water partition coefficient (Wildman–Crippen LogP) is 0.239. The molecule has 7 heteroatoms. The average Bonchev–Trinajstić information content (AvgIpc) is 2.64. The van der Waals surface area contributed by atoms with E-state index in [0.29, 0.717) is 19.5 Å². The van der Waals surface area contributed by atoms with Gasteiger partial charge >= 0.3 is 0 Å². The van der Waals surface area contributed by atoms with Gasteiger partial charge in [0.25, 0.3) is 0 Å². The first-order valence-corrected chi connectivity index (χ1v) is 7.53. The molecule has 1 heterocycles. The van der Waals surface area contributed by atoms with E-state index < -0.39 is 10.0 Å². The molecule has 1 aromatic rings. The van der Waals surface area contributed by atoms with Crippen molar-refractivity contribution < 1.29 is 13.2 Å². The van der Waals surface area contributed by atoms with Crippen LogP contribution in [0, 0.1) is 0 Å². The Hall–Kier alpha value is -1.60. The molecule has 0 atom stereocenters. The molecule has 104 valence electrons. The number of hydrogen-bond acceptors (Lipinski definition) is 4.